The number of Topliss-reactive ketones (excluding diaryl/α,β-unsaturated/α-hetero) is 1. The summed E-state index contributed by atoms with van der Waals surface area (Å²) >= 11 is 0. The van der Waals surface area contributed by atoms with Crippen LogP contribution < -0.4 is 0 Å². The van der Waals surface area contributed by atoms with Gasteiger partial charge in [-0.3, -0.25) is 24.8 Å². The summed E-state index contributed by atoms with van der Waals surface area (Å²) in [7, 11) is 0. The van der Waals surface area contributed by atoms with Gasteiger partial charge in [0, 0.05) is 60.3 Å². The topological polar surface area (TPSA) is 113 Å². The molecule has 1 aromatic carbocycles. The van der Waals surface area contributed by atoms with Crippen molar-refractivity contribution in [1.82, 2.24) is 35.1 Å². The van der Waals surface area contributed by atoms with Crippen molar-refractivity contribution in [3.8, 4) is 33.9 Å². The van der Waals surface area contributed by atoms with Gasteiger partial charge in [-0.1, -0.05) is 38.2 Å². The fraction of sp³-hybridized carbons (Fsp3) is 0.250. The summed E-state index contributed by atoms with van der Waals surface area (Å²) in [6.07, 6.45) is 16.2. The Morgan fingerprint density at radius 3 is 2.58 bits per heavy atom. The largest absolute Gasteiger partial charge is 0.336 e. The number of fused-ring (bicyclic) bond motifs is 2. The predicted octanol–water partition coefficient (Wildman–Crippen LogP) is 6.71. The van der Waals surface area contributed by atoms with Crippen LogP contribution in [0.3, 0.4) is 0 Å². The number of carbonyl (C=O) groups is 1. The van der Waals surface area contributed by atoms with Crippen LogP contribution in [0.5, 0.6) is 0 Å². The highest BCUT2D eigenvalue weighted by Gasteiger charge is 2.19. The van der Waals surface area contributed by atoms with Crippen LogP contribution in [0.25, 0.3) is 55.8 Å². The molecule has 0 atom stereocenters. The maximum absolute atomic E-state index is 12.8. The summed E-state index contributed by atoms with van der Waals surface area (Å²) in [6, 6.07) is 14.0. The van der Waals surface area contributed by atoms with E-state index in [9.17, 15) is 4.79 Å². The summed E-state index contributed by atoms with van der Waals surface area (Å²) in [6.45, 7) is 0. The second-order valence-electron chi connectivity index (χ2n) is 10.7. The average molecular weight is 528 g/mol. The normalized spacial score (nSPS) is 14.2. The summed E-state index contributed by atoms with van der Waals surface area (Å²) in [4.78, 5) is 34.3. The number of nitrogens with one attached hydrogen (secondary N) is 2. The molecular formula is C32H29N7O. The van der Waals surface area contributed by atoms with Gasteiger partial charge >= 0.3 is 0 Å². The number of pyridine rings is 3. The van der Waals surface area contributed by atoms with Crippen molar-refractivity contribution in [1.29, 1.82) is 0 Å². The van der Waals surface area contributed by atoms with E-state index in [1.165, 1.54) is 32.1 Å². The second kappa shape index (κ2) is 10.4. The first-order valence-corrected chi connectivity index (χ1v) is 13.9. The van der Waals surface area contributed by atoms with Crippen molar-refractivity contribution in [3.05, 3.63) is 79.0 Å². The quantitative estimate of drug-likeness (QED) is 0.239. The summed E-state index contributed by atoms with van der Waals surface area (Å²) in [5.74, 6) is 1.53. The molecule has 0 unspecified atom stereocenters. The van der Waals surface area contributed by atoms with Gasteiger partial charge < -0.3 is 4.98 Å². The van der Waals surface area contributed by atoms with E-state index in [-0.39, 0.29) is 0 Å². The minimum atomic E-state index is 0.309. The van der Waals surface area contributed by atoms with E-state index in [2.05, 4.69) is 48.3 Å². The molecule has 0 spiro atoms. The molecule has 7 rings (SSSR count). The van der Waals surface area contributed by atoms with Crippen LogP contribution in [0.15, 0.2) is 73.4 Å². The van der Waals surface area contributed by atoms with Crippen LogP contribution in [0.2, 0.25) is 0 Å². The molecule has 5 aromatic heterocycles. The Labute approximate surface area is 231 Å². The highest BCUT2D eigenvalue weighted by molar-refractivity contribution is 5.97. The monoisotopic (exact) mass is 527 g/mol. The number of aromatic amines is 2. The van der Waals surface area contributed by atoms with Crippen molar-refractivity contribution in [2.45, 2.75) is 44.9 Å². The van der Waals surface area contributed by atoms with Gasteiger partial charge in [0.2, 0.25) is 0 Å². The van der Waals surface area contributed by atoms with Gasteiger partial charge in [-0.15, -0.1) is 0 Å². The van der Waals surface area contributed by atoms with Crippen molar-refractivity contribution in [2.24, 2.45) is 5.92 Å². The fourth-order valence-electron chi connectivity index (χ4n) is 5.90. The van der Waals surface area contributed by atoms with Crippen molar-refractivity contribution in [3.63, 3.8) is 0 Å². The zero-order valence-corrected chi connectivity index (χ0v) is 22.1. The SMILES string of the molecule is O=C(Cc1cncc(-c2ccc3[nH]nc(-c4nc5c(-c6ccncc6)nccc5[nH]4)c3c2)c1)CC1CCCCC1. The van der Waals surface area contributed by atoms with E-state index in [0.717, 1.165) is 55.6 Å². The molecule has 1 aliphatic rings. The average Bonchev–Trinajstić information content (AvgIpc) is 3.62. The molecule has 0 aliphatic heterocycles. The van der Waals surface area contributed by atoms with E-state index in [1.807, 2.05) is 36.7 Å². The molecule has 8 nitrogen and oxygen atoms in total. The lowest BCUT2D eigenvalue weighted by Gasteiger charge is -2.20. The van der Waals surface area contributed by atoms with Crippen LogP contribution in [-0.2, 0) is 11.2 Å². The van der Waals surface area contributed by atoms with Crippen LogP contribution in [0.4, 0.5) is 0 Å². The number of aromatic nitrogens is 7. The minimum Gasteiger partial charge on any atom is -0.336 e. The molecule has 198 valence electrons. The lowest BCUT2D eigenvalue weighted by Crippen LogP contribution is -2.13. The lowest BCUT2D eigenvalue weighted by atomic mass is 9.85. The van der Waals surface area contributed by atoms with Crippen LogP contribution in [0, 0.1) is 5.92 Å². The van der Waals surface area contributed by atoms with E-state index in [1.54, 1.807) is 18.6 Å². The Kier molecular flexibility index (Phi) is 6.36. The number of hydrogen-bond donors (Lipinski definition) is 2. The first-order valence-electron chi connectivity index (χ1n) is 13.9. The van der Waals surface area contributed by atoms with Gasteiger partial charge in [-0.25, -0.2) is 4.98 Å². The second-order valence-corrected chi connectivity index (χ2v) is 10.7. The maximum atomic E-state index is 12.8. The van der Waals surface area contributed by atoms with Gasteiger partial charge in [0.25, 0.3) is 0 Å². The lowest BCUT2D eigenvalue weighted by molar-refractivity contribution is -0.119. The van der Waals surface area contributed by atoms with E-state index in [0.29, 0.717) is 30.4 Å². The molecule has 8 heteroatoms. The molecule has 40 heavy (non-hydrogen) atoms. The van der Waals surface area contributed by atoms with Gasteiger partial charge in [0.15, 0.2) is 5.82 Å². The van der Waals surface area contributed by atoms with Crippen molar-refractivity contribution >= 4 is 27.7 Å². The third-order valence-electron chi connectivity index (χ3n) is 7.91. The van der Waals surface area contributed by atoms with Crippen LogP contribution in [0.1, 0.15) is 44.1 Å². The standard InChI is InChI=1S/C32H29N7O/c40-25(15-20-4-2-1-3-5-20)16-21-14-24(19-34-18-21)23-6-7-27-26(17-23)30(39-38-27)32-36-28-10-13-35-29(31(28)37-32)22-8-11-33-12-9-22/h6-14,17-20H,1-5,15-16H2,(H,36,37)(H,38,39). The summed E-state index contributed by atoms with van der Waals surface area (Å²) in [5.41, 5.74) is 8.02. The highest BCUT2D eigenvalue weighted by atomic mass is 16.1. The maximum Gasteiger partial charge on any atom is 0.159 e. The molecule has 0 saturated heterocycles. The van der Waals surface area contributed by atoms with Crippen molar-refractivity contribution in [2.75, 3.05) is 0 Å². The van der Waals surface area contributed by atoms with Gasteiger partial charge in [-0.2, -0.15) is 5.10 Å². The van der Waals surface area contributed by atoms with Crippen LogP contribution in [-0.4, -0.2) is 40.9 Å². The van der Waals surface area contributed by atoms with Gasteiger partial charge in [0.05, 0.1) is 16.7 Å². The number of carbonyl (C=O) groups excluding carboxylic acids is 1. The molecule has 2 N–H and O–H groups in total. The highest BCUT2D eigenvalue weighted by Crippen LogP contribution is 2.33. The molecular weight excluding hydrogens is 498 g/mol. The van der Waals surface area contributed by atoms with E-state index >= 15 is 0 Å². The summed E-state index contributed by atoms with van der Waals surface area (Å²) in [5, 5.41) is 8.69. The Bertz CT molecular complexity index is 1820. The Morgan fingerprint density at radius 1 is 0.825 bits per heavy atom. The first-order chi connectivity index (χ1) is 19.7. The number of nitrogens with zero attached hydrogens (tertiary/aromatic N) is 5. The molecule has 1 fully saturated rings. The number of hydrogen-bond acceptors (Lipinski definition) is 6. The number of imidazole rings is 1. The molecule has 0 radical (unpaired) electrons. The van der Waals surface area contributed by atoms with Crippen LogP contribution >= 0.6 is 0 Å². The number of rotatable bonds is 7. The van der Waals surface area contributed by atoms with Crippen molar-refractivity contribution < 1.29 is 4.79 Å². The Balaban J connectivity index is 1.19. The number of benzene rings is 1. The third-order valence-corrected chi connectivity index (χ3v) is 7.91. The first kappa shape index (κ1) is 24.3. The molecule has 1 aliphatic carbocycles. The fourth-order valence-corrected chi connectivity index (χ4v) is 5.90. The Hall–Kier alpha value is -4.72. The van der Waals surface area contributed by atoms with Gasteiger partial charge in [-0.05, 0) is 53.4 Å². The molecule has 0 amide bonds. The third kappa shape index (κ3) is 4.77. The smallest absolute Gasteiger partial charge is 0.159 e. The Morgan fingerprint density at radius 2 is 1.70 bits per heavy atom. The molecule has 6 aromatic rings. The summed E-state index contributed by atoms with van der Waals surface area (Å²) < 4.78 is 0. The molecule has 0 bridgehead atoms. The molecule has 5 heterocycles. The number of ketones is 1. The zero-order valence-electron chi connectivity index (χ0n) is 22.1. The number of H-pyrrole nitrogens is 2. The van der Waals surface area contributed by atoms with E-state index < -0.39 is 0 Å². The van der Waals surface area contributed by atoms with E-state index in [4.69, 9.17) is 4.98 Å². The van der Waals surface area contributed by atoms with Gasteiger partial charge in [0.1, 0.15) is 17.0 Å². The zero-order chi connectivity index (χ0) is 26.9. The minimum absolute atomic E-state index is 0.309. The predicted molar refractivity (Wildman–Crippen MR) is 155 cm³/mol. The molecule has 1 saturated carbocycles.